The number of fused-ring (bicyclic) bond motifs is 7. The van der Waals surface area contributed by atoms with Crippen LogP contribution in [0.15, 0.2) is 168 Å². The van der Waals surface area contributed by atoms with E-state index in [9.17, 15) is 0 Å². The first kappa shape index (κ1) is 24.7. The van der Waals surface area contributed by atoms with E-state index < -0.39 is 0 Å². The highest BCUT2D eigenvalue weighted by Crippen LogP contribution is 2.44. The Hall–Kier alpha value is -5.86. The summed E-state index contributed by atoms with van der Waals surface area (Å²) < 4.78 is 6.31. The zero-order valence-corrected chi connectivity index (χ0v) is 23.9. The predicted octanol–water partition coefficient (Wildman–Crippen LogP) is 12.2. The van der Waals surface area contributed by atoms with Crippen molar-refractivity contribution in [1.82, 2.24) is 0 Å². The fourth-order valence-electron chi connectivity index (χ4n) is 6.71. The summed E-state index contributed by atoms with van der Waals surface area (Å²) >= 11 is 0. The van der Waals surface area contributed by atoms with E-state index >= 15 is 0 Å². The fraction of sp³-hybridized carbons (Fsp3) is 0. The minimum Gasteiger partial charge on any atom is -0.456 e. The van der Waals surface area contributed by atoms with Crippen molar-refractivity contribution < 1.29 is 4.42 Å². The summed E-state index contributed by atoms with van der Waals surface area (Å²) in [7, 11) is 0. The van der Waals surface area contributed by atoms with Crippen LogP contribution >= 0.6 is 0 Å². The van der Waals surface area contributed by atoms with E-state index in [1.54, 1.807) is 0 Å². The van der Waals surface area contributed by atoms with Crippen molar-refractivity contribution in [2.24, 2.45) is 0 Å². The van der Waals surface area contributed by atoms with Crippen molar-refractivity contribution in [2.45, 2.75) is 0 Å². The van der Waals surface area contributed by atoms with E-state index in [0.29, 0.717) is 0 Å². The molecule has 0 bridgehead atoms. The lowest BCUT2D eigenvalue weighted by Crippen LogP contribution is -2.11. The molecular weight excluding hydrogens is 534 g/mol. The average Bonchev–Trinajstić information content (AvgIpc) is 3.53. The molecule has 206 valence electrons. The van der Waals surface area contributed by atoms with Crippen LogP contribution < -0.4 is 4.90 Å². The first-order chi connectivity index (χ1) is 21.8. The molecule has 0 spiro atoms. The van der Waals surface area contributed by atoms with Crippen molar-refractivity contribution in [1.29, 1.82) is 0 Å². The summed E-state index contributed by atoms with van der Waals surface area (Å²) in [6.45, 7) is 0. The Labute approximate surface area is 255 Å². The Morgan fingerprint density at radius 2 is 0.977 bits per heavy atom. The molecule has 0 N–H and O–H groups in total. The second-order valence-electron chi connectivity index (χ2n) is 11.4. The molecule has 2 heteroatoms. The van der Waals surface area contributed by atoms with Gasteiger partial charge in [0.2, 0.25) is 0 Å². The van der Waals surface area contributed by atoms with Gasteiger partial charge in [0.15, 0.2) is 0 Å². The summed E-state index contributed by atoms with van der Waals surface area (Å²) in [6.07, 6.45) is 0. The molecule has 0 aliphatic heterocycles. The first-order valence-electron chi connectivity index (χ1n) is 15.0. The Kier molecular flexibility index (Phi) is 5.54. The monoisotopic (exact) mass is 561 g/mol. The second kappa shape index (κ2) is 9.86. The quantitative estimate of drug-likeness (QED) is 0.199. The maximum absolute atomic E-state index is 6.31. The number of furan rings is 1. The van der Waals surface area contributed by atoms with Crippen LogP contribution in [0.5, 0.6) is 0 Å². The number of rotatable bonds is 4. The number of hydrogen-bond acceptors (Lipinski definition) is 2. The van der Waals surface area contributed by atoms with Crippen LogP contribution in [0.4, 0.5) is 17.1 Å². The molecule has 0 fully saturated rings. The molecule has 0 saturated heterocycles. The van der Waals surface area contributed by atoms with Gasteiger partial charge in [0, 0.05) is 27.7 Å². The standard InChI is InChI=1S/C42H27NO/c1-4-15-35-28(10-1)20-21-30-24-34(22-23-37(30)35)43(40-26-29-11-2-5-16-36(29)38-17-6-7-18-39(38)40)33-14-9-13-31(25-33)42-27-32-12-3-8-19-41(32)44-42/h1-27H. The lowest BCUT2D eigenvalue weighted by Gasteiger charge is -2.28. The van der Waals surface area contributed by atoms with Gasteiger partial charge in [-0.3, -0.25) is 0 Å². The first-order valence-corrected chi connectivity index (χ1v) is 15.0. The summed E-state index contributed by atoms with van der Waals surface area (Å²) in [5.74, 6) is 0.862. The molecule has 1 aromatic heterocycles. The van der Waals surface area contributed by atoms with E-state index in [1.807, 2.05) is 18.2 Å². The van der Waals surface area contributed by atoms with E-state index in [2.05, 4.69) is 150 Å². The van der Waals surface area contributed by atoms with Crippen LogP contribution in [0.1, 0.15) is 0 Å². The number of hydrogen-bond donors (Lipinski definition) is 0. The minimum atomic E-state index is 0.862. The number of nitrogens with zero attached hydrogens (tertiary/aromatic N) is 1. The van der Waals surface area contributed by atoms with Crippen molar-refractivity contribution in [2.75, 3.05) is 4.90 Å². The van der Waals surface area contributed by atoms with Crippen molar-refractivity contribution in [3.63, 3.8) is 0 Å². The predicted molar refractivity (Wildman–Crippen MR) is 186 cm³/mol. The van der Waals surface area contributed by atoms with Crippen LogP contribution in [-0.2, 0) is 0 Å². The third-order valence-electron chi connectivity index (χ3n) is 8.79. The Bertz CT molecular complexity index is 2490. The molecule has 2 nitrogen and oxygen atoms in total. The SMILES string of the molecule is c1cc(-c2cc3ccccc3o2)cc(N(c2ccc3c(ccc4ccccc43)c2)c2cc3ccccc3c3ccccc23)c1. The van der Waals surface area contributed by atoms with E-state index in [0.717, 1.165) is 39.4 Å². The summed E-state index contributed by atoms with van der Waals surface area (Å²) in [5.41, 5.74) is 5.26. The highest BCUT2D eigenvalue weighted by Gasteiger charge is 2.19. The Balaban J connectivity index is 1.31. The van der Waals surface area contributed by atoms with Crippen LogP contribution in [0, 0.1) is 0 Å². The highest BCUT2D eigenvalue weighted by atomic mass is 16.3. The smallest absolute Gasteiger partial charge is 0.135 e. The van der Waals surface area contributed by atoms with Gasteiger partial charge in [-0.1, -0.05) is 121 Å². The lowest BCUT2D eigenvalue weighted by molar-refractivity contribution is 0.631. The molecule has 1 heterocycles. The number of anilines is 3. The van der Waals surface area contributed by atoms with E-state index in [-0.39, 0.29) is 0 Å². The summed E-state index contributed by atoms with van der Waals surface area (Å²) in [6, 6.07) is 58.7. The van der Waals surface area contributed by atoms with E-state index in [1.165, 1.54) is 43.1 Å². The Morgan fingerprint density at radius 1 is 0.364 bits per heavy atom. The second-order valence-corrected chi connectivity index (χ2v) is 11.4. The van der Waals surface area contributed by atoms with Crippen LogP contribution in [0.2, 0.25) is 0 Å². The average molecular weight is 562 g/mol. The molecule has 9 rings (SSSR count). The van der Waals surface area contributed by atoms with Gasteiger partial charge in [-0.05, 0) is 80.2 Å². The lowest BCUT2D eigenvalue weighted by atomic mass is 9.98. The maximum atomic E-state index is 6.31. The van der Waals surface area contributed by atoms with Gasteiger partial charge >= 0.3 is 0 Å². The van der Waals surface area contributed by atoms with Gasteiger partial charge in [-0.25, -0.2) is 0 Å². The Morgan fingerprint density at radius 3 is 1.82 bits per heavy atom. The van der Waals surface area contributed by atoms with Crippen molar-refractivity contribution in [3.05, 3.63) is 164 Å². The number of para-hydroxylation sites is 1. The van der Waals surface area contributed by atoms with Crippen LogP contribution in [0.3, 0.4) is 0 Å². The largest absolute Gasteiger partial charge is 0.456 e. The van der Waals surface area contributed by atoms with Gasteiger partial charge in [0.1, 0.15) is 11.3 Å². The van der Waals surface area contributed by atoms with Crippen molar-refractivity contribution in [3.8, 4) is 11.3 Å². The normalized spacial score (nSPS) is 11.6. The molecular formula is C42H27NO. The van der Waals surface area contributed by atoms with Gasteiger partial charge < -0.3 is 9.32 Å². The molecule has 44 heavy (non-hydrogen) atoms. The molecule has 0 aliphatic rings. The third-order valence-corrected chi connectivity index (χ3v) is 8.79. The maximum Gasteiger partial charge on any atom is 0.135 e. The van der Waals surface area contributed by atoms with Gasteiger partial charge in [0.25, 0.3) is 0 Å². The van der Waals surface area contributed by atoms with Crippen LogP contribution in [-0.4, -0.2) is 0 Å². The molecule has 0 aliphatic carbocycles. The molecule has 0 saturated carbocycles. The molecule has 8 aromatic carbocycles. The van der Waals surface area contributed by atoms with E-state index in [4.69, 9.17) is 4.42 Å². The fourth-order valence-corrected chi connectivity index (χ4v) is 6.71. The molecule has 0 amide bonds. The van der Waals surface area contributed by atoms with Gasteiger partial charge in [0.05, 0.1) is 5.69 Å². The van der Waals surface area contributed by atoms with Crippen molar-refractivity contribution >= 4 is 71.1 Å². The zero-order valence-electron chi connectivity index (χ0n) is 23.9. The third kappa shape index (κ3) is 3.96. The topological polar surface area (TPSA) is 16.4 Å². The molecule has 0 atom stereocenters. The summed E-state index contributed by atoms with van der Waals surface area (Å²) in [5, 5.41) is 11.0. The minimum absolute atomic E-state index is 0.862. The molecule has 0 unspecified atom stereocenters. The number of benzene rings is 8. The van der Waals surface area contributed by atoms with Gasteiger partial charge in [-0.2, -0.15) is 0 Å². The van der Waals surface area contributed by atoms with Gasteiger partial charge in [-0.15, -0.1) is 0 Å². The zero-order chi connectivity index (χ0) is 29.0. The van der Waals surface area contributed by atoms with Crippen LogP contribution in [0.25, 0.3) is 65.4 Å². The molecule has 9 aromatic rings. The highest BCUT2D eigenvalue weighted by molar-refractivity contribution is 6.15. The summed E-state index contributed by atoms with van der Waals surface area (Å²) in [4.78, 5) is 2.40. The molecule has 0 radical (unpaired) electrons.